The largest absolute Gasteiger partial charge is 0.493 e. The first-order valence-corrected chi connectivity index (χ1v) is 9.65. The van der Waals surface area contributed by atoms with E-state index in [9.17, 15) is 9.59 Å². The molecule has 2 fully saturated rings. The van der Waals surface area contributed by atoms with Crippen molar-refractivity contribution >= 4 is 11.8 Å². The molecule has 2 saturated heterocycles. The lowest BCUT2D eigenvalue weighted by molar-refractivity contribution is -0.188. The summed E-state index contributed by atoms with van der Waals surface area (Å²) in [5.74, 6) is -0.156. The molecule has 3 aliphatic heterocycles. The summed E-state index contributed by atoms with van der Waals surface area (Å²) in [5.41, 5.74) is 2.10. The fraction of sp³-hybridized carbons (Fsp3) is 0.600. The number of piperidine rings is 1. The monoisotopic (exact) mass is 390 g/mol. The highest BCUT2D eigenvalue weighted by molar-refractivity contribution is 6.34. The quantitative estimate of drug-likeness (QED) is 0.700. The molecule has 0 aliphatic carbocycles. The van der Waals surface area contributed by atoms with Crippen LogP contribution in [0.25, 0.3) is 0 Å². The maximum Gasteiger partial charge on any atom is 0.312 e. The standard InChI is InChI=1S/C20H26N2O6/c1-25-16-11-14-3-6-22(13-15(14)12-17(16)26-2)19(24)18(23)21-7-4-20(5-8-21)27-9-10-28-20/h11-12H,3-10,13H2,1-2H3. The van der Waals surface area contributed by atoms with Crippen molar-refractivity contribution in [2.45, 2.75) is 31.6 Å². The average molecular weight is 390 g/mol. The molecule has 3 aliphatic rings. The van der Waals surface area contributed by atoms with Crippen LogP contribution in [0.1, 0.15) is 24.0 Å². The van der Waals surface area contributed by atoms with Crippen molar-refractivity contribution in [3.63, 3.8) is 0 Å². The molecule has 0 unspecified atom stereocenters. The lowest BCUT2D eigenvalue weighted by Crippen LogP contribution is -2.52. The first kappa shape index (κ1) is 19.0. The van der Waals surface area contributed by atoms with E-state index < -0.39 is 17.6 Å². The van der Waals surface area contributed by atoms with Gasteiger partial charge in [-0.05, 0) is 29.7 Å². The first-order chi connectivity index (χ1) is 13.5. The van der Waals surface area contributed by atoms with E-state index in [0.717, 1.165) is 11.1 Å². The van der Waals surface area contributed by atoms with Crippen molar-refractivity contribution in [1.82, 2.24) is 9.80 Å². The molecule has 0 aromatic heterocycles. The third-order valence-electron chi connectivity index (χ3n) is 5.81. The van der Waals surface area contributed by atoms with E-state index in [0.29, 0.717) is 70.2 Å². The predicted octanol–water partition coefficient (Wildman–Crippen LogP) is 0.954. The molecule has 8 nitrogen and oxygen atoms in total. The smallest absolute Gasteiger partial charge is 0.312 e. The van der Waals surface area contributed by atoms with Crippen LogP contribution < -0.4 is 9.47 Å². The van der Waals surface area contributed by atoms with Crippen molar-refractivity contribution in [3.05, 3.63) is 23.3 Å². The van der Waals surface area contributed by atoms with Crippen LogP contribution >= 0.6 is 0 Å². The summed E-state index contributed by atoms with van der Waals surface area (Å²) < 4.78 is 22.1. The van der Waals surface area contributed by atoms with E-state index in [4.69, 9.17) is 18.9 Å². The molecule has 8 heteroatoms. The van der Waals surface area contributed by atoms with Crippen molar-refractivity contribution in [2.75, 3.05) is 47.1 Å². The van der Waals surface area contributed by atoms with Gasteiger partial charge in [0.15, 0.2) is 17.3 Å². The topological polar surface area (TPSA) is 77.5 Å². The number of hydrogen-bond donors (Lipinski definition) is 0. The molecule has 152 valence electrons. The Morgan fingerprint density at radius 1 is 0.893 bits per heavy atom. The van der Waals surface area contributed by atoms with Gasteiger partial charge in [-0.1, -0.05) is 0 Å². The van der Waals surface area contributed by atoms with Gasteiger partial charge in [-0.15, -0.1) is 0 Å². The summed E-state index contributed by atoms with van der Waals surface area (Å²) in [4.78, 5) is 28.8. The maximum atomic E-state index is 12.8. The number of ether oxygens (including phenoxy) is 4. The summed E-state index contributed by atoms with van der Waals surface area (Å²) in [7, 11) is 3.19. The zero-order valence-corrected chi connectivity index (χ0v) is 16.4. The van der Waals surface area contributed by atoms with Gasteiger partial charge in [-0.3, -0.25) is 9.59 Å². The highest BCUT2D eigenvalue weighted by atomic mass is 16.7. The van der Waals surface area contributed by atoms with E-state index in [1.807, 2.05) is 12.1 Å². The number of fused-ring (bicyclic) bond motifs is 1. The molecule has 1 spiro atoms. The Morgan fingerprint density at radius 3 is 2.07 bits per heavy atom. The van der Waals surface area contributed by atoms with Crippen LogP contribution in [0.4, 0.5) is 0 Å². The Balaban J connectivity index is 1.41. The summed E-state index contributed by atoms with van der Waals surface area (Å²) >= 11 is 0. The molecule has 2 amide bonds. The molecule has 0 saturated carbocycles. The summed E-state index contributed by atoms with van der Waals surface area (Å²) in [6.45, 7) is 3.03. The van der Waals surface area contributed by atoms with Gasteiger partial charge in [-0.25, -0.2) is 0 Å². The number of methoxy groups -OCH3 is 2. The van der Waals surface area contributed by atoms with E-state index in [1.54, 1.807) is 24.0 Å². The van der Waals surface area contributed by atoms with Gasteiger partial charge in [0.1, 0.15) is 0 Å². The Bertz CT molecular complexity index is 764. The highest BCUT2D eigenvalue weighted by Crippen LogP contribution is 2.34. The minimum absolute atomic E-state index is 0.393. The van der Waals surface area contributed by atoms with Crippen molar-refractivity contribution in [2.24, 2.45) is 0 Å². The highest BCUT2D eigenvalue weighted by Gasteiger charge is 2.42. The molecule has 0 radical (unpaired) electrons. The molecule has 0 N–H and O–H groups in total. The summed E-state index contributed by atoms with van der Waals surface area (Å²) in [6.07, 6.45) is 1.89. The lowest BCUT2D eigenvalue weighted by Gasteiger charge is -2.38. The Kier molecular flexibility index (Phi) is 5.16. The second-order valence-corrected chi connectivity index (χ2v) is 7.35. The lowest BCUT2D eigenvalue weighted by atomic mass is 9.98. The van der Waals surface area contributed by atoms with Crippen LogP contribution in [-0.2, 0) is 32.0 Å². The van der Waals surface area contributed by atoms with Crippen LogP contribution in [0, 0.1) is 0 Å². The van der Waals surface area contributed by atoms with Crippen molar-refractivity contribution in [3.8, 4) is 11.5 Å². The fourth-order valence-electron chi connectivity index (χ4n) is 4.16. The Hall–Kier alpha value is -2.32. The second-order valence-electron chi connectivity index (χ2n) is 7.35. The van der Waals surface area contributed by atoms with Crippen LogP contribution in [0.2, 0.25) is 0 Å². The molecule has 4 rings (SSSR count). The fourth-order valence-corrected chi connectivity index (χ4v) is 4.16. The molecule has 0 bridgehead atoms. The molecule has 1 aromatic carbocycles. The molecule has 28 heavy (non-hydrogen) atoms. The first-order valence-electron chi connectivity index (χ1n) is 9.65. The number of amides is 2. The normalized spacial score (nSPS) is 20.8. The zero-order valence-electron chi connectivity index (χ0n) is 16.4. The van der Waals surface area contributed by atoms with Gasteiger partial charge in [0, 0.05) is 39.0 Å². The van der Waals surface area contributed by atoms with Gasteiger partial charge in [-0.2, -0.15) is 0 Å². The van der Waals surface area contributed by atoms with Crippen LogP contribution in [-0.4, -0.2) is 74.5 Å². The van der Waals surface area contributed by atoms with E-state index in [2.05, 4.69) is 0 Å². The van der Waals surface area contributed by atoms with E-state index in [1.165, 1.54) is 0 Å². The minimum Gasteiger partial charge on any atom is -0.493 e. The van der Waals surface area contributed by atoms with E-state index >= 15 is 0 Å². The van der Waals surface area contributed by atoms with Gasteiger partial charge in [0.2, 0.25) is 0 Å². The predicted molar refractivity (Wildman–Crippen MR) is 99.1 cm³/mol. The number of likely N-dealkylation sites (tertiary alicyclic amines) is 1. The third kappa shape index (κ3) is 3.42. The van der Waals surface area contributed by atoms with Crippen molar-refractivity contribution < 1.29 is 28.5 Å². The molecule has 1 aromatic rings. The van der Waals surface area contributed by atoms with Crippen LogP contribution in [0.5, 0.6) is 11.5 Å². The van der Waals surface area contributed by atoms with Crippen LogP contribution in [0.3, 0.4) is 0 Å². The molecule has 0 atom stereocenters. The SMILES string of the molecule is COc1cc2c(cc1OC)CN(C(=O)C(=O)N1CCC3(CC1)OCCO3)CC2. The van der Waals surface area contributed by atoms with Gasteiger partial charge in [0.05, 0.1) is 27.4 Å². The van der Waals surface area contributed by atoms with Gasteiger partial charge in [0.25, 0.3) is 0 Å². The molecular weight excluding hydrogens is 364 g/mol. The average Bonchev–Trinajstić information content (AvgIpc) is 3.19. The molecule has 3 heterocycles. The van der Waals surface area contributed by atoms with Gasteiger partial charge >= 0.3 is 11.8 Å². The Morgan fingerprint density at radius 2 is 1.46 bits per heavy atom. The third-order valence-corrected chi connectivity index (χ3v) is 5.81. The summed E-state index contributed by atoms with van der Waals surface area (Å²) in [6, 6.07) is 3.83. The number of hydrogen-bond acceptors (Lipinski definition) is 6. The van der Waals surface area contributed by atoms with E-state index in [-0.39, 0.29) is 0 Å². The summed E-state index contributed by atoms with van der Waals surface area (Å²) in [5, 5.41) is 0. The number of carbonyl (C=O) groups excluding carboxylic acids is 2. The van der Waals surface area contributed by atoms with Crippen molar-refractivity contribution in [1.29, 1.82) is 0 Å². The second kappa shape index (κ2) is 7.60. The van der Waals surface area contributed by atoms with Crippen LogP contribution in [0.15, 0.2) is 12.1 Å². The minimum atomic E-state index is -0.556. The number of nitrogens with zero attached hydrogens (tertiary/aromatic N) is 2. The maximum absolute atomic E-state index is 12.8. The Labute approximate surface area is 164 Å². The zero-order chi connectivity index (χ0) is 19.7. The number of rotatable bonds is 2. The number of carbonyl (C=O) groups is 2. The molecular formula is C20H26N2O6. The van der Waals surface area contributed by atoms with Gasteiger partial charge < -0.3 is 28.7 Å². The number of benzene rings is 1.